The van der Waals surface area contributed by atoms with E-state index in [-0.39, 0.29) is 17.7 Å². The molecule has 0 saturated heterocycles. The second kappa shape index (κ2) is 8.26. The van der Waals surface area contributed by atoms with Gasteiger partial charge in [0.25, 0.3) is 5.91 Å². The third-order valence-electron chi connectivity index (χ3n) is 5.75. The first-order valence-electron chi connectivity index (χ1n) is 10.4. The number of aromatic hydroxyl groups is 1. The van der Waals surface area contributed by atoms with E-state index in [9.17, 15) is 9.90 Å². The smallest absolute Gasteiger partial charge is 0.273 e. The summed E-state index contributed by atoms with van der Waals surface area (Å²) in [6, 6.07) is 11.6. The van der Waals surface area contributed by atoms with Crippen LogP contribution in [-0.2, 0) is 0 Å². The maximum absolute atomic E-state index is 13.3. The number of benzene rings is 2. The number of amides is 1. The lowest BCUT2D eigenvalue weighted by atomic mass is 9.93. The van der Waals surface area contributed by atoms with Crippen molar-refractivity contribution in [2.24, 2.45) is 0 Å². The summed E-state index contributed by atoms with van der Waals surface area (Å²) in [4.78, 5) is 15.2. The molecule has 0 bridgehead atoms. The van der Waals surface area contributed by atoms with Crippen molar-refractivity contribution in [3.63, 3.8) is 0 Å². The van der Waals surface area contributed by atoms with E-state index in [0.29, 0.717) is 23.5 Å². The van der Waals surface area contributed by atoms with Crippen molar-refractivity contribution in [1.29, 1.82) is 0 Å². The molecule has 3 aromatic rings. The predicted octanol–water partition coefficient (Wildman–Crippen LogP) is 5.90. The minimum Gasteiger partial charge on any atom is -0.507 e. The van der Waals surface area contributed by atoms with Gasteiger partial charge in [0.05, 0.1) is 6.04 Å². The van der Waals surface area contributed by atoms with Gasteiger partial charge in [-0.2, -0.15) is 5.10 Å². The first kappa shape index (κ1) is 20.7. The molecule has 0 saturated carbocycles. The van der Waals surface area contributed by atoms with Crippen molar-refractivity contribution in [2.75, 3.05) is 6.54 Å². The van der Waals surface area contributed by atoms with E-state index in [4.69, 9.17) is 0 Å². The topological polar surface area (TPSA) is 69.2 Å². The molecule has 2 N–H and O–H groups in total. The van der Waals surface area contributed by atoms with Crippen LogP contribution in [0.2, 0.25) is 0 Å². The first-order chi connectivity index (χ1) is 14.4. The van der Waals surface area contributed by atoms with Crippen molar-refractivity contribution in [3.05, 3.63) is 68.8 Å². The Kier molecular flexibility index (Phi) is 5.69. The molecule has 0 fully saturated rings. The Hall–Kier alpha value is -2.60. The molecule has 1 aliphatic heterocycles. The van der Waals surface area contributed by atoms with Crippen molar-refractivity contribution >= 4 is 21.8 Å². The molecule has 1 atom stereocenters. The fourth-order valence-electron chi connectivity index (χ4n) is 4.39. The molecule has 1 aliphatic rings. The maximum Gasteiger partial charge on any atom is 0.273 e. The standard InChI is InChI=1S/C24H26BrN3O2/c1-4-5-6-11-28-23(16-7-9-17(25)10-8-16)20-21(26-27-22(20)24(28)30)19-15(3)12-14(2)13-18(19)29/h7-10,12-13,23,29H,4-6,11H2,1-3H3,(H,26,27). The van der Waals surface area contributed by atoms with Gasteiger partial charge in [0.15, 0.2) is 0 Å². The maximum atomic E-state index is 13.3. The molecule has 156 valence electrons. The highest BCUT2D eigenvalue weighted by molar-refractivity contribution is 9.10. The molecule has 1 aromatic heterocycles. The number of phenolic OH excluding ortho intramolecular Hbond substituents is 1. The molecule has 1 amide bonds. The molecular weight excluding hydrogens is 442 g/mol. The molecule has 0 spiro atoms. The Labute approximate surface area is 185 Å². The molecular formula is C24H26BrN3O2. The number of hydrogen-bond acceptors (Lipinski definition) is 3. The minimum absolute atomic E-state index is 0.0305. The Morgan fingerprint density at radius 2 is 1.90 bits per heavy atom. The zero-order valence-electron chi connectivity index (χ0n) is 17.5. The molecule has 0 aliphatic carbocycles. The monoisotopic (exact) mass is 467 g/mol. The second-order valence-corrected chi connectivity index (χ2v) is 8.91. The van der Waals surface area contributed by atoms with Crippen LogP contribution in [0.15, 0.2) is 40.9 Å². The number of carbonyl (C=O) groups is 1. The van der Waals surface area contributed by atoms with Crippen molar-refractivity contribution in [1.82, 2.24) is 15.1 Å². The Balaban J connectivity index is 1.87. The van der Waals surface area contributed by atoms with Gasteiger partial charge in [-0.25, -0.2) is 0 Å². The van der Waals surface area contributed by atoms with Crippen molar-refractivity contribution in [2.45, 2.75) is 46.1 Å². The van der Waals surface area contributed by atoms with E-state index in [2.05, 4.69) is 33.1 Å². The van der Waals surface area contributed by atoms with Crippen LogP contribution in [0.1, 0.15) is 65.0 Å². The SMILES string of the molecule is CCCCCN1C(=O)c2[nH]nc(-c3c(C)cc(C)cc3O)c2C1c1ccc(Br)cc1. The van der Waals surface area contributed by atoms with Gasteiger partial charge in [-0.3, -0.25) is 9.89 Å². The highest BCUT2D eigenvalue weighted by atomic mass is 79.9. The first-order valence-corrected chi connectivity index (χ1v) is 11.2. The van der Waals surface area contributed by atoms with Gasteiger partial charge in [-0.1, -0.05) is 53.9 Å². The van der Waals surface area contributed by atoms with Gasteiger partial charge < -0.3 is 10.0 Å². The highest BCUT2D eigenvalue weighted by Crippen LogP contribution is 2.45. The zero-order valence-corrected chi connectivity index (χ0v) is 19.1. The van der Waals surface area contributed by atoms with Gasteiger partial charge in [0.2, 0.25) is 0 Å². The summed E-state index contributed by atoms with van der Waals surface area (Å²) >= 11 is 3.50. The zero-order chi connectivity index (χ0) is 21.4. The minimum atomic E-state index is -0.230. The van der Waals surface area contributed by atoms with Crippen LogP contribution >= 0.6 is 15.9 Å². The van der Waals surface area contributed by atoms with Gasteiger partial charge in [0, 0.05) is 22.1 Å². The predicted molar refractivity (Wildman–Crippen MR) is 122 cm³/mol. The number of aryl methyl sites for hydroxylation is 2. The molecule has 4 rings (SSSR count). The van der Waals surface area contributed by atoms with Gasteiger partial charge >= 0.3 is 0 Å². The molecule has 0 radical (unpaired) electrons. The van der Waals surface area contributed by atoms with Crippen molar-refractivity contribution in [3.8, 4) is 17.0 Å². The largest absolute Gasteiger partial charge is 0.507 e. The van der Waals surface area contributed by atoms with Crippen LogP contribution in [0, 0.1) is 13.8 Å². The molecule has 2 heterocycles. The van der Waals surface area contributed by atoms with E-state index in [0.717, 1.165) is 46.0 Å². The van der Waals surface area contributed by atoms with E-state index in [1.807, 2.05) is 49.1 Å². The summed E-state index contributed by atoms with van der Waals surface area (Å²) in [5, 5.41) is 18.2. The van der Waals surface area contributed by atoms with Crippen LogP contribution in [0.25, 0.3) is 11.3 Å². The van der Waals surface area contributed by atoms with Crippen LogP contribution in [0.4, 0.5) is 0 Å². The molecule has 5 nitrogen and oxygen atoms in total. The quantitative estimate of drug-likeness (QED) is 0.443. The Bertz CT molecular complexity index is 1070. The summed E-state index contributed by atoms with van der Waals surface area (Å²) in [6.07, 6.45) is 3.13. The molecule has 2 aromatic carbocycles. The lowest BCUT2D eigenvalue weighted by Crippen LogP contribution is -2.30. The Morgan fingerprint density at radius 1 is 1.17 bits per heavy atom. The van der Waals surface area contributed by atoms with E-state index >= 15 is 0 Å². The lowest BCUT2D eigenvalue weighted by molar-refractivity contribution is 0.0740. The number of nitrogens with zero attached hydrogens (tertiary/aromatic N) is 2. The van der Waals surface area contributed by atoms with E-state index < -0.39 is 0 Å². The van der Waals surface area contributed by atoms with E-state index in [1.54, 1.807) is 6.07 Å². The van der Waals surface area contributed by atoms with E-state index in [1.165, 1.54) is 0 Å². The number of rotatable bonds is 6. The van der Waals surface area contributed by atoms with Gasteiger partial charge in [-0.05, 0) is 55.2 Å². The normalized spacial score (nSPS) is 15.7. The number of aromatic amines is 1. The average molecular weight is 468 g/mol. The second-order valence-electron chi connectivity index (χ2n) is 8.00. The summed E-state index contributed by atoms with van der Waals surface area (Å²) < 4.78 is 0.993. The third kappa shape index (κ3) is 3.54. The van der Waals surface area contributed by atoms with Gasteiger partial charge in [-0.15, -0.1) is 0 Å². The number of carbonyl (C=O) groups excluding carboxylic acids is 1. The van der Waals surface area contributed by atoms with Crippen molar-refractivity contribution < 1.29 is 9.90 Å². The highest BCUT2D eigenvalue weighted by Gasteiger charge is 2.42. The Morgan fingerprint density at radius 3 is 2.57 bits per heavy atom. The van der Waals surface area contributed by atoms with Gasteiger partial charge in [0.1, 0.15) is 17.1 Å². The van der Waals surface area contributed by atoms with Crippen LogP contribution in [0.5, 0.6) is 5.75 Å². The number of H-pyrrole nitrogens is 1. The van der Waals surface area contributed by atoms with Crippen LogP contribution < -0.4 is 0 Å². The number of nitrogens with one attached hydrogen (secondary N) is 1. The fourth-order valence-corrected chi connectivity index (χ4v) is 4.66. The third-order valence-corrected chi connectivity index (χ3v) is 6.28. The number of hydrogen-bond donors (Lipinski definition) is 2. The van der Waals surface area contributed by atoms with Crippen LogP contribution in [0.3, 0.4) is 0 Å². The number of unbranched alkanes of at least 4 members (excludes halogenated alkanes) is 2. The lowest BCUT2D eigenvalue weighted by Gasteiger charge is -2.26. The molecule has 6 heteroatoms. The summed E-state index contributed by atoms with van der Waals surface area (Å²) in [5.74, 6) is 0.158. The summed E-state index contributed by atoms with van der Waals surface area (Å²) in [6.45, 7) is 6.77. The summed E-state index contributed by atoms with van der Waals surface area (Å²) in [7, 11) is 0. The molecule has 30 heavy (non-hydrogen) atoms. The number of phenols is 1. The number of halogens is 1. The fraction of sp³-hybridized carbons (Fsp3) is 0.333. The number of aromatic nitrogens is 2. The number of fused-ring (bicyclic) bond motifs is 1. The molecule has 1 unspecified atom stereocenters. The van der Waals surface area contributed by atoms with Crippen LogP contribution in [-0.4, -0.2) is 32.7 Å². The summed E-state index contributed by atoms with van der Waals surface area (Å²) in [5.41, 5.74) is 5.67. The average Bonchev–Trinajstić information content (AvgIpc) is 3.22.